The van der Waals surface area contributed by atoms with Crippen LogP contribution in [0.2, 0.25) is 0 Å². The van der Waals surface area contributed by atoms with Gasteiger partial charge in [-0.3, -0.25) is 0 Å². The van der Waals surface area contributed by atoms with Crippen LogP contribution in [0, 0.1) is 10.8 Å². The van der Waals surface area contributed by atoms with Crippen LogP contribution in [0.4, 0.5) is 0 Å². The van der Waals surface area contributed by atoms with Gasteiger partial charge in [0.25, 0.3) is 0 Å². The van der Waals surface area contributed by atoms with Crippen molar-refractivity contribution in [3.8, 4) is 11.8 Å². The molecule has 0 bridgehead atoms. The van der Waals surface area contributed by atoms with Gasteiger partial charge in [0.2, 0.25) is 11.8 Å². The van der Waals surface area contributed by atoms with Crippen LogP contribution in [0.5, 0.6) is 11.8 Å². The minimum Gasteiger partial charge on any atom is -0.468 e. The molecule has 0 N–H and O–H groups in total. The van der Waals surface area contributed by atoms with Crippen LogP contribution in [0.15, 0.2) is 42.7 Å². The molecule has 5 heteroatoms. The highest BCUT2D eigenvalue weighted by Crippen LogP contribution is 2.58. The smallest absolute Gasteiger partial charge is 0.221 e. The fraction of sp³-hybridized carbons (Fsp3) is 0.600. The Morgan fingerprint density at radius 2 is 1.37 bits per heavy atom. The number of fused-ring (bicyclic) bond motifs is 5. The molecule has 2 aromatic heterocycles. The molecule has 2 unspecified atom stereocenters. The second kappa shape index (κ2) is 8.06. The Bertz CT molecular complexity index is 1120. The minimum absolute atomic E-state index is 0.0864. The molecule has 35 heavy (non-hydrogen) atoms. The topological polar surface area (TPSA) is 56.8 Å². The molecule has 5 aliphatic rings. The van der Waals surface area contributed by atoms with Gasteiger partial charge < -0.3 is 14.2 Å². The number of aromatic nitrogens is 2. The third-order valence-electron chi connectivity index (χ3n) is 8.98. The average molecular weight is 475 g/mol. The van der Waals surface area contributed by atoms with E-state index in [2.05, 4.69) is 61.9 Å². The number of ether oxygens (including phenoxy) is 3. The molecule has 2 spiro atoms. The standard InChI is InChI=1S/C15H19NO2.C15H19NO/c1-14(2)5-7-15(8-6-14)12-11(17-12)10-4-3-9-16-13(10)18-15;1-14(2)7-9-15(10-8-14)6-5-12-4-3-11-16-13(12)17-15/h3-4,9,11-12H,5-8H2,1-2H3;3-6,11H,7-10H2,1-2H3. The first kappa shape index (κ1) is 23.0. The third-order valence-corrected chi connectivity index (χ3v) is 8.98. The van der Waals surface area contributed by atoms with Crippen molar-refractivity contribution in [1.29, 1.82) is 0 Å². The maximum Gasteiger partial charge on any atom is 0.221 e. The van der Waals surface area contributed by atoms with Gasteiger partial charge in [-0.05, 0) is 98.6 Å². The molecule has 3 fully saturated rings. The Balaban J connectivity index is 0.000000131. The SMILES string of the molecule is CC1(C)CCC2(C=Cc3cccnc3O2)CC1.CC1(C)CCC2(CC1)Oc1ncccc1C1OC12. The second-order valence-corrected chi connectivity index (χ2v) is 12.8. The van der Waals surface area contributed by atoms with Crippen molar-refractivity contribution in [2.45, 2.75) is 102 Å². The van der Waals surface area contributed by atoms with Crippen LogP contribution in [-0.2, 0) is 4.74 Å². The van der Waals surface area contributed by atoms with E-state index < -0.39 is 0 Å². The molecule has 0 aromatic carbocycles. The lowest BCUT2D eigenvalue weighted by molar-refractivity contribution is -0.0296. The van der Waals surface area contributed by atoms with Crippen molar-refractivity contribution in [3.05, 3.63) is 53.9 Å². The van der Waals surface area contributed by atoms with Crippen LogP contribution < -0.4 is 9.47 Å². The summed E-state index contributed by atoms with van der Waals surface area (Å²) >= 11 is 0. The quantitative estimate of drug-likeness (QED) is 0.382. The van der Waals surface area contributed by atoms with E-state index in [0.29, 0.717) is 10.8 Å². The number of nitrogens with zero attached hydrogens (tertiary/aromatic N) is 2. The Morgan fingerprint density at radius 3 is 2.09 bits per heavy atom. The normalized spacial score (nSPS) is 29.4. The first-order valence-corrected chi connectivity index (χ1v) is 13.3. The molecular weight excluding hydrogens is 436 g/mol. The van der Waals surface area contributed by atoms with Gasteiger partial charge in [0.05, 0.1) is 0 Å². The fourth-order valence-electron chi connectivity index (χ4n) is 6.14. The van der Waals surface area contributed by atoms with E-state index in [0.717, 1.165) is 48.6 Å². The van der Waals surface area contributed by atoms with Crippen LogP contribution in [-0.4, -0.2) is 27.3 Å². The first-order valence-electron chi connectivity index (χ1n) is 13.3. The van der Waals surface area contributed by atoms with Gasteiger partial charge in [0.15, 0.2) is 0 Å². The number of pyridine rings is 2. The van der Waals surface area contributed by atoms with Crippen molar-refractivity contribution in [3.63, 3.8) is 0 Å². The Hall–Kier alpha value is -2.40. The van der Waals surface area contributed by atoms with E-state index in [9.17, 15) is 0 Å². The van der Waals surface area contributed by atoms with Crippen molar-refractivity contribution < 1.29 is 14.2 Å². The zero-order valence-electron chi connectivity index (χ0n) is 21.5. The molecule has 186 valence electrons. The zero-order chi connectivity index (χ0) is 24.3. The lowest BCUT2D eigenvalue weighted by atomic mass is 9.68. The summed E-state index contributed by atoms with van der Waals surface area (Å²) < 4.78 is 18.3. The van der Waals surface area contributed by atoms with E-state index in [1.807, 2.05) is 18.3 Å². The summed E-state index contributed by atoms with van der Waals surface area (Å²) in [6, 6.07) is 8.04. The van der Waals surface area contributed by atoms with E-state index in [4.69, 9.17) is 14.2 Å². The highest BCUT2D eigenvalue weighted by molar-refractivity contribution is 5.58. The Morgan fingerprint density at radius 1 is 0.743 bits per heavy atom. The lowest BCUT2D eigenvalue weighted by Crippen LogP contribution is -2.48. The summed E-state index contributed by atoms with van der Waals surface area (Å²) in [5.74, 6) is 1.60. The lowest BCUT2D eigenvalue weighted by Gasteiger charge is -2.44. The van der Waals surface area contributed by atoms with Gasteiger partial charge in [0, 0.05) is 23.5 Å². The van der Waals surface area contributed by atoms with Crippen molar-refractivity contribution in [1.82, 2.24) is 9.97 Å². The van der Waals surface area contributed by atoms with Crippen molar-refractivity contribution in [2.24, 2.45) is 10.8 Å². The fourth-order valence-corrected chi connectivity index (χ4v) is 6.14. The van der Waals surface area contributed by atoms with Crippen LogP contribution in [0.25, 0.3) is 6.08 Å². The molecule has 0 amide bonds. The summed E-state index contributed by atoms with van der Waals surface area (Å²) in [5, 5.41) is 0. The van der Waals surface area contributed by atoms with Crippen LogP contribution in [0.1, 0.15) is 96.3 Å². The summed E-state index contributed by atoms with van der Waals surface area (Å²) in [6.07, 6.45) is 17.8. The summed E-state index contributed by atoms with van der Waals surface area (Å²) in [5.41, 5.74) is 2.97. The van der Waals surface area contributed by atoms with Gasteiger partial charge in [0.1, 0.15) is 23.4 Å². The predicted octanol–water partition coefficient (Wildman–Crippen LogP) is 7.08. The number of epoxide rings is 1. The average Bonchev–Trinajstić information content (AvgIpc) is 3.66. The van der Waals surface area contributed by atoms with Crippen LogP contribution >= 0.6 is 0 Å². The molecule has 5 heterocycles. The summed E-state index contributed by atoms with van der Waals surface area (Å²) in [7, 11) is 0. The highest BCUT2D eigenvalue weighted by Gasteiger charge is 2.62. The molecule has 2 saturated carbocycles. The Kier molecular flexibility index (Phi) is 5.30. The zero-order valence-corrected chi connectivity index (χ0v) is 21.5. The maximum atomic E-state index is 6.27. The minimum atomic E-state index is -0.0957. The molecular formula is C30H38N2O3. The number of hydrogen-bond acceptors (Lipinski definition) is 5. The number of rotatable bonds is 0. The van der Waals surface area contributed by atoms with E-state index in [1.54, 1.807) is 6.20 Å². The van der Waals surface area contributed by atoms with Crippen LogP contribution in [0.3, 0.4) is 0 Å². The first-order chi connectivity index (χ1) is 16.7. The highest BCUT2D eigenvalue weighted by atomic mass is 16.6. The molecule has 1 saturated heterocycles. The molecule has 2 atom stereocenters. The second-order valence-electron chi connectivity index (χ2n) is 12.8. The van der Waals surface area contributed by atoms with Crippen molar-refractivity contribution >= 4 is 6.08 Å². The van der Waals surface area contributed by atoms with Gasteiger partial charge in [-0.2, -0.15) is 0 Å². The molecule has 5 nitrogen and oxygen atoms in total. The van der Waals surface area contributed by atoms with E-state index in [1.165, 1.54) is 25.7 Å². The molecule has 0 radical (unpaired) electrons. The largest absolute Gasteiger partial charge is 0.468 e. The van der Waals surface area contributed by atoms with Gasteiger partial charge >= 0.3 is 0 Å². The molecule has 2 aromatic rings. The van der Waals surface area contributed by atoms with Gasteiger partial charge in [-0.15, -0.1) is 0 Å². The number of hydrogen-bond donors (Lipinski definition) is 0. The third kappa shape index (κ3) is 4.37. The summed E-state index contributed by atoms with van der Waals surface area (Å²) in [6.45, 7) is 9.39. The molecule has 2 aliphatic carbocycles. The molecule has 3 aliphatic heterocycles. The van der Waals surface area contributed by atoms with Crippen molar-refractivity contribution in [2.75, 3.05) is 0 Å². The molecule has 7 rings (SSSR count). The maximum absolute atomic E-state index is 6.27. The van der Waals surface area contributed by atoms with Gasteiger partial charge in [-0.25, -0.2) is 9.97 Å². The predicted molar refractivity (Wildman–Crippen MR) is 136 cm³/mol. The van der Waals surface area contributed by atoms with E-state index >= 15 is 0 Å². The Labute approximate surface area is 209 Å². The van der Waals surface area contributed by atoms with E-state index in [-0.39, 0.29) is 23.4 Å². The monoisotopic (exact) mass is 474 g/mol. The van der Waals surface area contributed by atoms with Gasteiger partial charge in [-0.1, -0.05) is 27.7 Å². The summed E-state index contributed by atoms with van der Waals surface area (Å²) in [4.78, 5) is 8.71.